The highest BCUT2D eigenvalue weighted by atomic mass is 16.2. The number of para-hydroxylation sites is 1. The molecule has 124 valence electrons. The monoisotopic (exact) mass is 318 g/mol. The van der Waals surface area contributed by atoms with E-state index in [1.54, 1.807) is 24.3 Å². The first-order chi connectivity index (χ1) is 11.0. The fourth-order valence-corrected chi connectivity index (χ4v) is 2.61. The summed E-state index contributed by atoms with van der Waals surface area (Å²) >= 11 is 0. The van der Waals surface area contributed by atoms with Gasteiger partial charge in [-0.05, 0) is 18.6 Å². The number of nitrogens with one attached hydrogen (secondary N) is 2. The molecule has 1 unspecified atom stereocenters. The SMILES string of the molecule is CCCC1CC(=O)N(CC(=O)Nc2ccccc2C(N)=O)CN1. The minimum Gasteiger partial charge on any atom is -0.366 e. The second-order valence-electron chi connectivity index (χ2n) is 5.60. The van der Waals surface area contributed by atoms with Crippen LogP contribution in [0.5, 0.6) is 0 Å². The molecule has 1 aliphatic heterocycles. The zero-order valence-corrected chi connectivity index (χ0v) is 13.2. The van der Waals surface area contributed by atoms with Crippen molar-refractivity contribution in [3.8, 4) is 0 Å². The second kappa shape index (κ2) is 7.73. The average molecular weight is 318 g/mol. The molecule has 7 nitrogen and oxygen atoms in total. The van der Waals surface area contributed by atoms with E-state index in [-0.39, 0.29) is 30.0 Å². The third-order valence-electron chi connectivity index (χ3n) is 3.78. The van der Waals surface area contributed by atoms with Crippen LogP contribution in [0.15, 0.2) is 24.3 Å². The van der Waals surface area contributed by atoms with Crippen LogP contribution in [0.2, 0.25) is 0 Å². The highest BCUT2D eigenvalue weighted by Gasteiger charge is 2.26. The summed E-state index contributed by atoms with van der Waals surface area (Å²) in [6, 6.07) is 6.70. The number of hydrogen-bond donors (Lipinski definition) is 3. The van der Waals surface area contributed by atoms with Gasteiger partial charge in [-0.15, -0.1) is 0 Å². The molecule has 0 saturated carbocycles. The van der Waals surface area contributed by atoms with Gasteiger partial charge in [0.1, 0.15) is 6.54 Å². The van der Waals surface area contributed by atoms with Crippen LogP contribution in [0.4, 0.5) is 5.69 Å². The molecule has 1 fully saturated rings. The van der Waals surface area contributed by atoms with Crippen molar-refractivity contribution in [1.29, 1.82) is 0 Å². The summed E-state index contributed by atoms with van der Waals surface area (Å²) in [5, 5.41) is 5.88. The van der Waals surface area contributed by atoms with E-state index in [0.717, 1.165) is 12.8 Å². The lowest BCUT2D eigenvalue weighted by atomic mass is 10.1. The van der Waals surface area contributed by atoms with Crippen LogP contribution in [0.1, 0.15) is 36.5 Å². The molecule has 1 saturated heterocycles. The van der Waals surface area contributed by atoms with E-state index < -0.39 is 5.91 Å². The van der Waals surface area contributed by atoms with Gasteiger partial charge in [0.15, 0.2) is 0 Å². The van der Waals surface area contributed by atoms with Crippen molar-refractivity contribution in [3.05, 3.63) is 29.8 Å². The third-order valence-corrected chi connectivity index (χ3v) is 3.78. The van der Waals surface area contributed by atoms with E-state index in [9.17, 15) is 14.4 Å². The van der Waals surface area contributed by atoms with Crippen molar-refractivity contribution in [1.82, 2.24) is 10.2 Å². The molecule has 1 heterocycles. The molecule has 1 atom stereocenters. The first-order valence-corrected chi connectivity index (χ1v) is 7.71. The number of primary amides is 1. The number of amides is 3. The molecular formula is C16H22N4O3. The lowest BCUT2D eigenvalue weighted by Gasteiger charge is -2.32. The van der Waals surface area contributed by atoms with Crippen molar-refractivity contribution in [3.63, 3.8) is 0 Å². The van der Waals surface area contributed by atoms with Crippen LogP contribution < -0.4 is 16.4 Å². The lowest BCUT2D eigenvalue weighted by molar-refractivity contribution is -0.138. The molecule has 4 N–H and O–H groups in total. The quantitative estimate of drug-likeness (QED) is 0.717. The third kappa shape index (κ3) is 4.53. The van der Waals surface area contributed by atoms with Gasteiger partial charge in [-0.2, -0.15) is 0 Å². The number of anilines is 1. The zero-order valence-electron chi connectivity index (χ0n) is 13.2. The molecule has 23 heavy (non-hydrogen) atoms. The van der Waals surface area contributed by atoms with Gasteiger partial charge >= 0.3 is 0 Å². The van der Waals surface area contributed by atoms with Gasteiger partial charge < -0.3 is 16.0 Å². The molecule has 2 rings (SSSR count). The summed E-state index contributed by atoms with van der Waals surface area (Å²) in [6.45, 7) is 2.37. The van der Waals surface area contributed by atoms with E-state index >= 15 is 0 Å². The molecule has 1 aromatic rings. The Kier molecular flexibility index (Phi) is 5.70. The molecule has 0 bridgehead atoms. The molecule has 0 radical (unpaired) electrons. The number of benzene rings is 1. The van der Waals surface area contributed by atoms with Gasteiger partial charge in [0, 0.05) is 12.5 Å². The van der Waals surface area contributed by atoms with E-state index in [1.807, 2.05) is 0 Å². The minimum atomic E-state index is -0.612. The first kappa shape index (κ1) is 17.0. The van der Waals surface area contributed by atoms with Gasteiger partial charge in [0.2, 0.25) is 11.8 Å². The number of nitrogens with zero attached hydrogens (tertiary/aromatic N) is 1. The van der Waals surface area contributed by atoms with Crippen molar-refractivity contribution < 1.29 is 14.4 Å². The Bertz CT molecular complexity index is 603. The Hall–Kier alpha value is -2.41. The maximum Gasteiger partial charge on any atom is 0.250 e. The predicted molar refractivity (Wildman–Crippen MR) is 86.6 cm³/mol. The summed E-state index contributed by atoms with van der Waals surface area (Å²) < 4.78 is 0. The number of carbonyl (C=O) groups excluding carboxylic acids is 3. The minimum absolute atomic E-state index is 0.0412. The average Bonchev–Trinajstić information content (AvgIpc) is 2.50. The number of carbonyl (C=O) groups is 3. The maximum absolute atomic E-state index is 12.1. The predicted octanol–water partition coefficient (Wildman–Crippen LogP) is 0.672. The van der Waals surface area contributed by atoms with Crippen LogP contribution >= 0.6 is 0 Å². The molecule has 1 aliphatic rings. The Morgan fingerprint density at radius 3 is 2.78 bits per heavy atom. The van der Waals surface area contributed by atoms with Gasteiger partial charge in [0.05, 0.1) is 17.9 Å². The smallest absolute Gasteiger partial charge is 0.250 e. The Morgan fingerprint density at radius 1 is 1.39 bits per heavy atom. The van der Waals surface area contributed by atoms with E-state index in [4.69, 9.17) is 5.73 Å². The molecular weight excluding hydrogens is 296 g/mol. The Labute approximate surface area is 135 Å². The summed E-state index contributed by atoms with van der Waals surface area (Å²) in [6.07, 6.45) is 2.35. The topological polar surface area (TPSA) is 105 Å². The molecule has 0 spiro atoms. The Morgan fingerprint density at radius 2 is 2.13 bits per heavy atom. The van der Waals surface area contributed by atoms with E-state index in [1.165, 1.54) is 4.90 Å². The van der Waals surface area contributed by atoms with Crippen LogP contribution in [0, 0.1) is 0 Å². The standard InChI is InChI=1S/C16H22N4O3/c1-2-5-11-8-15(22)20(10-18-11)9-14(21)19-13-7-4-3-6-12(13)16(17)23/h3-4,6-7,11,18H,2,5,8-10H2,1H3,(H2,17,23)(H,19,21). The second-order valence-corrected chi connectivity index (χ2v) is 5.60. The fraction of sp³-hybridized carbons (Fsp3) is 0.438. The van der Waals surface area contributed by atoms with Crippen molar-refractivity contribution >= 4 is 23.4 Å². The summed E-state index contributed by atoms with van der Waals surface area (Å²) in [5.74, 6) is -1.01. The maximum atomic E-state index is 12.1. The van der Waals surface area contributed by atoms with Crippen molar-refractivity contribution in [2.24, 2.45) is 5.73 Å². The molecule has 0 aliphatic carbocycles. The zero-order chi connectivity index (χ0) is 16.8. The van der Waals surface area contributed by atoms with E-state index in [2.05, 4.69) is 17.6 Å². The van der Waals surface area contributed by atoms with Crippen LogP contribution in [-0.2, 0) is 9.59 Å². The first-order valence-electron chi connectivity index (χ1n) is 7.71. The van der Waals surface area contributed by atoms with Gasteiger partial charge in [-0.25, -0.2) is 0 Å². The molecule has 7 heteroatoms. The van der Waals surface area contributed by atoms with Crippen LogP contribution in [0.3, 0.4) is 0 Å². The highest BCUT2D eigenvalue weighted by Crippen LogP contribution is 2.15. The van der Waals surface area contributed by atoms with Gasteiger partial charge in [-0.3, -0.25) is 19.7 Å². The Balaban J connectivity index is 1.93. The van der Waals surface area contributed by atoms with Crippen molar-refractivity contribution in [2.75, 3.05) is 18.5 Å². The molecule has 3 amide bonds. The fourth-order valence-electron chi connectivity index (χ4n) is 2.61. The van der Waals surface area contributed by atoms with Gasteiger partial charge in [0.25, 0.3) is 5.91 Å². The van der Waals surface area contributed by atoms with Crippen LogP contribution in [-0.4, -0.2) is 41.9 Å². The number of nitrogens with two attached hydrogens (primary N) is 1. The normalized spacial score (nSPS) is 17.9. The van der Waals surface area contributed by atoms with Gasteiger partial charge in [-0.1, -0.05) is 25.5 Å². The summed E-state index contributed by atoms with van der Waals surface area (Å²) in [7, 11) is 0. The summed E-state index contributed by atoms with van der Waals surface area (Å²) in [4.78, 5) is 37.0. The van der Waals surface area contributed by atoms with Crippen molar-refractivity contribution in [2.45, 2.75) is 32.2 Å². The highest BCUT2D eigenvalue weighted by molar-refractivity contribution is 6.03. The molecule has 0 aromatic heterocycles. The van der Waals surface area contributed by atoms with Crippen LogP contribution in [0.25, 0.3) is 0 Å². The number of hydrogen-bond acceptors (Lipinski definition) is 4. The summed E-state index contributed by atoms with van der Waals surface area (Å²) in [5.41, 5.74) is 5.87. The lowest BCUT2D eigenvalue weighted by Crippen LogP contribution is -2.52. The van der Waals surface area contributed by atoms with E-state index in [0.29, 0.717) is 18.8 Å². The number of rotatable bonds is 6. The molecule has 1 aromatic carbocycles. The largest absolute Gasteiger partial charge is 0.366 e.